The summed E-state index contributed by atoms with van der Waals surface area (Å²) in [4.78, 5) is 3.95. The molecule has 0 fully saturated rings. The molecule has 1 rings (SSSR count). The molecule has 58 valence electrons. The van der Waals surface area contributed by atoms with Crippen LogP contribution in [0.3, 0.4) is 0 Å². The van der Waals surface area contributed by atoms with Crippen LogP contribution in [-0.4, -0.2) is 4.98 Å². The third kappa shape index (κ3) is 1.26. The zero-order chi connectivity index (χ0) is 9.03. The predicted molar refractivity (Wildman–Crippen MR) is 42.8 cm³/mol. The van der Waals surface area contributed by atoms with Crippen molar-refractivity contribution in [2.24, 2.45) is 0 Å². The highest BCUT2D eigenvalue weighted by atomic mass is 14.7. The topological polar surface area (TPSA) is 60.5 Å². The molecule has 0 amide bonds. The van der Waals surface area contributed by atoms with Crippen molar-refractivity contribution in [1.82, 2.24) is 4.98 Å². The Balaban J connectivity index is 3.17. The Labute approximate surface area is 70.9 Å². The smallest absolute Gasteiger partial charge is 0.182 e. The van der Waals surface area contributed by atoms with Gasteiger partial charge in [0, 0.05) is 6.20 Å². The minimum absolute atomic E-state index is 0.495. The Hall–Kier alpha value is -1.87. The molecule has 0 unspecified atom stereocenters. The van der Waals surface area contributed by atoms with Crippen molar-refractivity contribution in [2.75, 3.05) is 0 Å². The molecule has 0 aromatic carbocycles. The molecule has 12 heavy (non-hydrogen) atoms. The molecule has 3 heteroatoms. The van der Waals surface area contributed by atoms with Gasteiger partial charge in [-0.2, -0.15) is 10.5 Å². The minimum atomic E-state index is -1.12. The van der Waals surface area contributed by atoms with Gasteiger partial charge in [0.05, 0.1) is 17.8 Å². The van der Waals surface area contributed by atoms with Gasteiger partial charge >= 0.3 is 0 Å². The van der Waals surface area contributed by atoms with E-state index in [1.54, 1.807) is 31.3 Å². The fourth-order valence-electron chi connectivity index (χ4n) is 0.798. The number of nitrogens with zero attached hydrogens (tertiary/aromatic N) is 3. The van der Waals surface area contributed by atoms with Crippen LogP contribution in [0.4, 0.5) is 0 Å². The summed E-state index contributed by atoms with van der Waals surface area (Å²) < 4.78 is 0. The van der Waals surface area contributed by atoms with Gasteiger partial charge in [-0.15, -0.1) is 0 Å². The van der Waals surface area contributed by atoms with Crippen molar-refractivity contribution in [2.45, 2.75) is 12.3 Å². The fourth-order valence-corrected chi connectivity index (χ4v) is 0.798. The van der Waals surface area contributed by atoms with Crippen LogP contribution in [-0.2, 0) is 5.41 Å². The van der Waals surface area contributed by atoms with E-state index in [0.717, 1.165) is 0 Å². The summed E-state index contributed by atoms with van der Waals surface area (Å²) in [6.45, 7) is 1.55. The molecule has 0 atom stereocenters. The second-order valence-electron chi connectivity index (χ2n) is 2.56. The molecule has 1 heterocycles. The molecular weight excluding hydrogens is 150 g/mol. The quantitative estimate of drug-likeness (QED) is 0.618. The Morgan fingerprint density at radius 3 is 2.42 bits per heavy atom. The highest BCUT2D eigenvalue weighted by molar-refractivity contribution is 5.33. The lowest BCUT2D eigenvalue weighted by Gasteiger charge is -2.09. The third-order valence-corrected chi connectivity index (χ3v) is 1.62. The lowest BCUT2D eigenvalue weighted by Crippen LogP contribution is -2.17. The molecular formula is C9H7N3. The van der Waals surface area contributed by atoms with E-state index in [1.807, 2.05) is 12.1 Å². The first kappa shape index (κ1) is 8.23. The maximum absolute atomic E-state index is 8.73. The Morgan fingerprint density at radius 1 is 1.33 bits per heavy atom. The highest BCUT2D eigenvalue weighted by Crippen LogP contribution is 2.18. The van der Waals surface area contributed by atoms with Gasteiger partial charge in [-0.1, -0.05) is 6.07 Å². The number of nitriles is 2. The van der Waals surface area contributed by atoms with E-state index in [2.05, 4.69) is 4.98 Å². The monoisotopic (exact) mass is 157 g/mol. The van der Waals surface area contributed by atoms with Crippen LogP contribution in [0.1, 0.15) is 12.6 Å². The molecule has 0 spiro atoms. The van der Waals surface area contributed by atoms with Gasteiger partial charge in [0.2, 0.25) is 0 Å². The van der Waals surface area contributed by atoms with Crippen LogP contribution in [0, 0.1) is 22.7 Å². The van der Waals surface area contributed by atoms with Gasteiger partial charge in [-0.3, -0.25) is 4.98 Å². The first-order valence-electron chi connectivity index (χ1n) is 3.47. The van der Waals surface area contributed by atoms with Gasteiger partial charge < -0.3 is 0 Å². The van der Waals surface area contributed by atoms with Gasteiger partial charge in [-0.25, -0.2) is 0 Å². The summed E-state index contributed by atoms with van der Waals surface area (Å²) in [7, 11) is 0. The summed E-state index contributed by atoms with van der Waals surface area (Å²) in [5, 5.41) is 17.5. The number of rotatable bonds is 1. The average Bonchev–Trinajstić information content (AvgIpc) is 2.18. The summed E-state index contributed by atoms with van der Waals surface area (Å²) >= 11 is 0. The fraction of sp³-hybridized carbons (Fsp3) is 0.222. The van der Waals surface area contributed by atoms with Crippen molar-refractivity contribution >= 4 is 0 Å². The zero-order valence-corrected chi connectivity index (χ0v) is 6.65. The Kier molecular flexibility index (Phi) is 2.07. The predicted octanol–water partition coefficient (Wildman–Crippen LogP) is 1.39. The van der Waals surface area contributed by atoms with E-state index in [9.17, 15) is 0 Å². The molecule has 1 aromatic rings. The van der Waals surface area contributed by atoms with Gasteiger partial charge in [0.25, 0.3) is 0 Å². The van der Waals surface area contributed by atoms with Crippen LogP contribution in [0.5, 0.6) is 0 Å². The molecule has 0 aliphatic heterocycles. The van der Waals surface area contributed by atoms with Crippen LogP contribution >= 0.6 is 0 Å². The lowest BCUT2D eigenvalue weighted by atomic mass is 9.90. The van der Waals surface area contributed by atoms with E-state index < -0.39 is 5.41 Å². The molecule has 1 aromatic heterocycles. The highest BCUT2D eigenvalue weighted by Gasteiger charge is 2.26. The molecule has 0 saturated carbocycles. The van der Waals surface area contributed by atoms with E-state index in [0.29, 0.717) is 5.69 Å². The van der Waals surface area contributed by atoms with Crippen LogP contribution in [0.15, 0.2) is 24.4 Å². The standard InChI is InChI=1S/C9H7N3/c1-9(6-10,7-11)8-4-2-3-5-12-8/h2-5H,1H3. The zero-order valence-electron chi connectivity index (χ0n) is 6.65. The van der Waals surface area contributed by atoms with Gasteiger partial charge in [-0.05, 0) is 19.1 Å². The number of hydrogen-bond donors (Lipinski definition) is 0. The maximum Gasteiger partial charge on any atom is 0.182 e. The van der Waals surface area contributed by atoms with Crippen molar-refractivity contribution in [1.29, 1.82) is 10.5 Å². The first-order valence-corrected chi connectivity index (χ1v) is 3.47. The molecule has 0 aliphatic carbocycles. The normalized spacial score (nSPS) is 9.92. The minimum Gasteiger partial charge on any atom is -0.258 e. The van der Waals surface area contributed by atoms with E-state index >= 15 is 0 Å². The number of aromatic nitrogens is 1. The average molecular weight is 157 g/mol. The summed E-state index contributed by atoms with van der Waals surface area (Å²) in [5.74, 6) is 0. The summed E-state index contributed by atoms with van der Waals surface area (Å²) in [6, 6.07) is 9.02. The van der Waals surface area contributed by atoms with E-state index in [1.165, 1.54) is 0 Å². The van der Waals surface area contributed by atoms with Crippen LogP contribution in [0.25, 0.3) is 0 Å². The summed E-state index contributed by atoms with van der Waals surface area (Å²) in [5.41, 5.74) is -0.628. The molecule has 0 N–H and O–H groups in total. The van der Waals surface area contributed by atoms with Crippen LogP contribution < -0.4 is 0 Å². The maximum atomic E-state index is 8.73. The molecule has 3 nitrogen and oxygen atoms in total. The van der Waals surface area contributed by atoms with Crippen LogP contribution in [0.2, 0.25) is 0 Å². The first-order chi connectivity index (χ1) is 5.73. The van der Waals surface area contributed by atoms with Crippen molar-refractivity contribution in [3.63, 3.8) is 0 Å². The molecule has 0 bridgehead atoms. The van der Waals surface area contributed by atoms with E-state index in [-0.39, 0.29) is 0 Å². The Bertz CT molecular complexity index is 328. The van der Waals surface area contributed by atoms with Crippen molar-refractivity contribution < 1.29 is 0 Å². The number of hydrogen-bond acceptors (Lipinski definition) is 3. The second-order valence-corrected chi connectivity index (χ2v) is 2.56. The molecule has 0 radical (unpaired) electrons. The van der Waals surface area contributed by atoms with Gasteiger partial charge in [0.15, 0.2) is 5.41 Å². The largest absolute Gasteiger partial charge is 0.258 e. The Morgan fingerprint density at radius 2 is 2.00 bits per heavy atom. The second kappa shape index (κ2) is 3.02. The SMILES string of the molecule is CC(C#N)(C#N)c1ccccn1. The number of pyridine rings is 1. The van der Waals surface area contributed by atoms with Crippen molar-refractivity contribution in [3.05, 3.63) is 30.1 Å². The van der Waals surface area contributed by atoms with Crippen molar-refractivity contribution in [3.8, 4) is 12.1 Å². The molecule has 0 saturated heterocycles. The van der Waals surface area contributed by atoms with Gasteiger partial charge in [0.1, 0.15) is 0 Å². The molecule has 0 aliphatic rings. The van der Waals surface area contributed by atoms with E-state index in [4.69, 9.17) is 10.5 Å². The third-order valence-electron chi connectivity index (χ3n) is 1.62. The summed E-state index contributed by atoms with van der Waals surface area (Å²) in [6.07, 6.45) is 1.57. The lowest BCUT2D eigenvalue weighted by molar-refractivity contribution is 0.755.